The molecule has 3 atom stereocenters. The number of carbonyl (C=O) groups excluding carboxylic acids is 2. The van der Waals surface area contributed by atoms with Gasteiger partial charge in [0.15, 0.2) is 0 Å². The molecular weight excluding hydrogens is 368 g/mol. The molecule has 2 rings (SSSR count). The van der Waals surface area contributed by atoms with Gasteiger partial charge in [-0.3, -0.25) is 9.59 Å². The van der Waals surface area contributed by atoms with E-state index >= 15 is 0 Å². The summed E-state index contributed by atoms with van der Waals surface area (Å²) in [6.07, 6.45) is 4.16. The van der Waals surface area contributed by atoms with E-state index in [1.165, 1.54) is 4.90 Å². The number of ether oxygens (including phenoxy) is 1. The number of aliphatic hydroxyl groups is 1. The van der Waals surface area contributed by atoms with E-state index in [2.05, 4.69) is 5.32 Å². The molecule has 0 spiro atoms. The number of hydrogen-bond acceptors (Lipinski definition) is 4. The lowest BCUT2D eigenvalue weighted by atomic mass is 10.0. The van der Waals surface area contributed by atoms with E-state index in [1.54, 1.807) is 14.0 Å². The maximum atomic E-state index is 12.6. The summed E-state index contributed by atoms with van der Waals surface area (Å²) >= 11 is 5.82. The maximum absolute atomic E-state index is 12.6. The second kappa shape index (κ2) is 10.3. The molecule has 1 aromatic carbocycles. The summed E-state index contributed by atoms with van der Waals surface area (Å²) in [7, 11) is 1.61. The third-order valence-electron chi connectivity index (χ3n) is 4.70. The number of benzene rings is 1. The van der Waals surface area contributed by atoms with Crippen LogP contribution in [0.3, 0.4) is 0 Å². The molecule has 0 unspecified atom stereocenters. The SMILES string of the molecule is C[C@H]1C(=O)N[C@H]([C@H](O)CCl)Cc2cccc(c2)OCC=CCCC(=O)N1C. The molecule has 2 amide bonds. The summed E-state index contributed by atoms with van der Waals surface area (Å²) in [4.78, 5) is 26.3. The van der Waals surface area contributed by atoms with Crippen molar-refractivity contribution < 1.29 is 19.4 Å². The Balaban J connectivity index is 2.27. The molecule has 6 nitrogen and oxygen atoms in total. The Bertz CT molecular complexity index is 680. The molecular formula is C20H27ClN2O4. The Labute approximate surface area is 165 Å². The predicted molar refractivity (Wildman–Crippen MR) is 105 cm³/mol. The Morgan fingerprint density at radius 3 is 2.89 bits per heavy atom. The number of halogens is 1. The summed E-state index contributed by atoms with van der Waals surface area (Å²) in [5.74, 6) is 0.263. The van der Waals surface area contributed by atoms with Gasteiger partial charge in [-0.25, -0.2) is 0 Å². The highest BCUT2D eigenvalue weighted by Gasteiger charge is 2.27. The van der Waals surface area contributed by atoms with Crippen molar-refractivity contribution >= 4 is 23.4 Å². The number of hydrogen-bond donors (Lipinski definition) is 2. The Hall–Kier alpha value is -2.05. The van der Waals surface area contributed by atoms with Crippen molar-refractivity contribution in [3.05, 3.63) is 42.0 Å². The zero-order chi connectivity index (χ0) is 19.8. The summed E-state index contributed by atoms with van der Waals surface area (Å²) < 4.78 is 5.70. The lowest BCUT2D eigenvalue weighted by Crippen LogP contribution is -2.53. The second-order valence-electron chi connectivity index (χ2n) is 6.69. The standard InChI is InChI=1S/C20H27ClN2O4/c1-14-20(26)22-17(18(24)13-21)12-15-7-6-8-16(11-15)27-10-5-3-4-9-19(25)23(14)2/h3,5-8,11,14,17-18,24H,4,9-10,12-13H2,1-2H3,(H,22,26)/t14-,17-,18+/m0/s1. The van der Waals surface area contributed by atoms with Crippen LogP contribution in [0.2, 0.25) is 0 Å². The minimum Gasteiger partial charge on any atom is -0.490 e. The number of carbonyl (C=O) groups is 2. The number of amides is 2. The van der Waals surface area contributed by atoms with Gasteiger partial charge in [0.2, 0.25) is 11.8 Å². The number of allylic oxidation sites excluding steroid dienone is 1. The highest BCUT2D eigenvalue weighted by molar-refractivity contribution is 6.18. The van der Waals surface area contributed by atoms with Crippen molar-refractivity contribution in [2.75, 3.05) is 19.5 Å². The molecule has 27 heavy (non-hydrogen) atoms. The third kappa shape index (κ3) is 6.26. The number of fused-ring (bicyclic) bond motifs is 2. The molecule has 0 fully saturated rings. The molecule has 2 bridgehead atoms. The first-order chi connectivity index (χ1) is 12.9. The Kier molecular flexibility index (Phi) is 8.13. The fourth-order valence-electron chi connectivity index (χ4n) is 2.82. The van der Waals surface area contributed by atoms with Crippen LogP contribution in [0, 0.1) is 0 Å². The van der Waals surface area contributed by atoms with Crippen molar-refractivity contribution in [1.82, 2.24) is 10.2 Å². The van der Waals surface area contributed by atoms with Gasteiger partial charge in [0.05, 0.1) is 18.0 Å². The first kappa shape index (κ1) is 21.3. The van der Waals surface area contributed by atoms with Gasteiger partial charge in [0.25, 0.3) is 0 Å². The quantitative estimate of drug-likeness (QED) is 0.593. The molecule has 0 saturated carbocycles. The summed E-state index contributed by atoms with van der Waals surface area (Å²) in [5.41, 5.74) is 0.912. The lowest BCUT2D eigenvalue weighted by Gasteiger charge is -2.28. The number of nitrogens with zero attached hydrogens (tertiary/aromatic N) is 1. The smallest absolute Gasteiger partial charge is 0.242 e. The van der Waals surface area contributed by atoms with Crippen LogP contribution in [-0.4, -0.2) is 59.5 Å². The molecule has 1 aliphatic rings. The molecule has 0 aromatic heterocycles. The third-order valence-corrected chi connectivity index (χ3v) is 5.01. The lowest BCUT2D eigenvalue weighted by molar-refractivity contribution is -0.138. The summed E-state index contributed by atoms with van der Waals surface area (Å²) in [5, 5.41) is 13.1. The molecule has 7 heteroatoms. The van der Waals surface area contributed by atoms with Gasteiger partial charge < -0.3 is 20.1 Å². The molecule has 148 valence electrons. The van der Waals surface area contributed by atoms with E-state index in [9.17, 15) is 14.7 Å². The largest absolute Gasteiger partial charge is 0.490 e. The fraction of sp³-hybridized carbons (Fsp3) is 0.500. The van der Waals surface area contributed by atoms with Crippen molar-refractivity contribution in [1.29, 1.82) is 0 Å². The van der Waals surface area contributed by atoms with Gasteiger partial charge in [-0.05, 0) is 37.5 Å². The molecule has 1 aliphatic heterocycles. The molecule has 1 heterocycles. The monoisotopic (exact) mass is 394 g/mol. The molecule has 0 saturated heterocycles. The van der Waals surface area contributed by atoms with Crippen LogP contribution in [-0.2, 0) is 16.0 Å². The van der Waals surface area contributed by atoms with Gasteiger partial charge in [-0.15, -0.1) is 11.6 Å². The highest BCUT2D eigenvalue weighted by atomic mass is 35.5. The summed E-state index contributed by atoms with van der Waals surface area (Å²) in [6, 6.07) is 6.31. The Morgan fingerprint density at radius 1 is 1.37 bits per heavy atom. The molecule has 1 aromatic rings. The van der Waals surface area contributed by atoms with Crippen LogP contribution in [0.25, 0.3) is 0 Å². The fourth-order valence-corrected chi connectivity index (χ4v) is 3.03. The zero-order valence-corrected chi connectivity index (χ0v) is 16.5. The topological polar surface area (TPSA) is 78.9 Å². The Morgan fingerprint density at radius 2 is 2.15 bits per heavy atom. The molecule has 0 aliphatic carbocycles. The zero-order valence-electron chi connectivity index (χ0n) is 15.7. The van der Waals surface area contributed by atoms with Crippen molar-refractivity contribution in [2.45, 2.75) is 44.4 Å². The van der Waals surface area contributed by atoms with E-state index in [1.807, 2.05) is 36.4 Å². The van der Waals surface area contributed by atoms with E-state index in [0.717, 1.165) is 5.56 Å². The van der Waals surface area contributed by atoms with E-state index in [0.29, 0.717) is 31.6 Å². The highest BCUT2D eigenvalue weighted by Crippen LogP contribution is 2.17. The number of alkyl halides is 1. The molecule has 2 N–H and O–H groups in total. The number of rotatable bonds is 2. The number of nitrogens with one attached hydrogen (secondary N) is 1. The van der Waals surface area contributed by atoms with Crippen molar-refractivity contribution in [2.24, 2.45) is 0 Å². The summed E-state index contributed by atoms with van der Waals surface area (Å²) in [6.45, 7) is 2.08. The maximum Gasteiger partial charge on any atom is 0.242 e. The van der Waals surface area contributed by atoms with Crippen LogP contribution >= 0.6 is 11.6 Å². The first-order valence-corrected chi connectivity index (χ1v) is 9.62. The van der Waals surface area contributed by atoms with Crippen LogP contribution < -0.4 is 10.1 Å². The van der Waals surface area contributed by atoms with Gasteiger partial charge in [0, 0.05) is 13.5 Å². The number of aliphatic hydroxyl groups excluding tert-OH is 1. The normalized spacial score (nSPS) is 23.5. The minimum absolute atomic E-state index is 0.00488. The van der Waals surface area contributed by atoms with Crippen LogP contribution in [0.5, 0.6) is 5.75 Å². The van der Waals surface area contributed by atoms with Crippen molar-refractivity contribution in [3.8, 4) is 5.75 Å². The second-order valence-corrected chi connectivity index (χ2v) is 7.00. The molecule has 0 radical (unpaired) electrons. The van der Waals surface area contributed by atoms with Crippen LogP contribution in [0.15, 0.2) is 36.4 Å². The van der Waals surface area contributed by atoms with E-state index in [4.69, 9.17) is 16.3 Å². The number of likely N-dealkylation sites (N-methyl/N-ethyl adjacent to an activating group) is 1. The van der Waals surface area contributed by atoms with Crippen molar-refractivity contribution in [3.63, 3.8) is 0 Å². The van der Waals surface area contributed by atoms with Gasteiger partial charge in [0.1, 0.15) is 18.4 Å². The van der Waals surface area contributed by atoms with Gasteiger partial charge in [-0.2, -0.15) is 0 Å². The average molecular weight is 395 g/mol. The predicted octanol–water partition coefficient (Wildman–Crippen LogP) is 1.89. The average Bonchev–Trinajstić information content (AvgIpc) is 2.67. The van der Waals surface area contributed by atoms with Gasteiger partial charge in [-0.1, -0.05) is 24.3 Å². The van der Waals surface area contributed by atoms with Crippen LogP contribution in [0.1, 0.15) is 25.3 Å². The van der Waals surface area contributed by atoms with E-state index in [-0.39, 0.29) is 17.7 Å². The van der Waals surface area contributed by atoms with E-state index < -0.39 is 18.2 Å². The minimum atomic E-state index is -0.907. The van der Waals surface area contributed by atoms with Crippen LogP contribution in [0.4, 0.5) is 0 Å². The first-order valence-electron chi connectivity index (χ1n) is 9.09. The van der Waals surface area contributed by atoms with Gasteiger partial charge >= 0.3 is 0 Å².